The molecule has 7 heteroatoms. The fourth-order valence-electron chi connectivity index (χ4n) is 2.70. The van der Waals surface area contributed by atoms with Gasteiger partial charge in [-0.1, -0.05) is 41.4 Å². The first-order valence-corrected chi connectivity index (χ1v) is 8.59. The van der Waals surface area contributed by atoms with E-state index in [1.165, 1.54) is 25.5 Å². The third kappa shape index (κ3) is 3.84. The first-order valence-electron chi connectivity index (χ1n) is 7.83. The number of halogens is 2. The molecular weight excluding hydrogens is 375 g/mol. The van der Waals surface area contributed by atoms with Gasteiger partial charge in [0.25, 0.3) is 0 Å². The SMILES string of the molecule is COC(=O)[C@H](Cc1c[nH]c2ccccc12)N=Cc1cc(Cl)cc(Cl)c1O. The number of aromatic hydroxyl groups is 1. The van der Waals surface area contributed by atoms with Gasteiger partial charge in [-0.25, -0.2) is 4.79 Å². The second kappa shape index (κ2) is 7.81. The number of hydrogen-bond donors (Lipinski definition) is 2. The Bertz CT molecular complexity index is 982. The molecule has 0 unspecified atom stereocenters. The van der Waals surface area contributed by atoms with Gasteiger partial charge in [-0.2, -0.15) is 0 Å². The highest BCUT2D eigenvalue weighted by molar-refractivity contribution is 6.36. The average Bonchev–Trinajstić information content (AvgIpc) is 3.04. The van der Waals surface area contributed by atoms with Crippen LogP contribution >= 0.6 is 23.2 Å². The molecule has 1 heterocycles. The van der Waals surface area contributed by atoms with Gasteiger partial charge in [-0.15, -0.1) is 0 Å². The van der Waals surface area contributed by atoms with Crippen molar-refractivity contribution in [2.24, 2.45) is 4.99 Å². The van der Waals surface area contributed by atoms with Gasteiger partial charge in [0.1, 0.15) is 5.75 Å². The first kappa shape index (κ1) is 18.3. The highest BCUT2D eigenvalue weighted by Gasteiger charge is 2.20. The van der Waals surface area contributed by atoms with E-state index in [4.69, 9.17) is 27.9 Å². The third-order valence-corrected chi connectivity index (χ3v) is 4.52. The minimum absolute atomic E-state index is 0.116. The van der Waals surface area contributed by atoms with E-state index in [-0.39, 0.29) is 10.8 Å². The fraction of sp³-hybridized carbons (Fsp3) is 0.158. The summed E-state index contributed by atoms with van der Waals surface area (Å²) in [5.74, 6) is -0.616. The van der Waals surface area contributed by atoms with Gasteiger partial charge >= 0.3 is 5.97 Å². The maximum Gasteiger partial charge on any atom is 0.330 e. The zero-order chi connectivity index (χ0) is 18.7. The molecule has 2 N–H and O–H groups in total. The molecule has 0 aliphatic heterocycles. The van der Waals surface area contributed by atoms with Crippen LogP contribution in [0.15, 0.2) is 47.6 Å². The molecule has 5 nitrogen and oxygen atoms in total. The van der Waals surface area contributed by atoms with Crippen LogP contribution in [0.25, 0.3) is 10.9 Å². The fourth-order valence-corrected chi connectivity index (χ4v) is 3.21. The molecule has 0 fully saturated rings. The summed E-state index contributed by atoms with van der Waals surface area (Å²) in [5, 5.41) is 11.5. The second-order valence-corrected chi connectivity index (χ2v) is 6.55. The molecule has 26 heavy (non-hydrogen) atoms. The molecule has 0 aliphatic carbocycles. The van der Waals surface area contributed by atoms with Crippen LogP contribution in [-0.4, -0.2) is 35.4 Å². The number of aromatic amines is 1. The Kier molecular flexibility index (Phi) is 5.49. The quantitative estimate of drug-likeness (QED) is 0.501. The Morgan fingerprint density at radius 2 is 2.12 bits per heavy atom. The van der Waals surface area contributed by atoms with Gasteiger partial charge in [0.05, 0.1) is 12.1 Å². The number of hydrogen-bond acceptors (Lipinski definition) is 4. The smallest absolute Gasteiger partial charge is 0.330 e. The summed E-state index contributed by atoms with van der Waals surface area (Å²) in [6, 6.07) is 9.98. The van der Waals surface area contributed by atoms with Crippen molar-refractivity contribution in [1.29, 1.82) is 0 Å². The Balaban J connectivity index is 1.91. The predicted octanol–water partition coefficient (Wildman–Crippen LogP) is 4.38. The van der Waals surface area contributed by atoms with Crippen LogP contribution in [0.2, 0.25) is 10.0 Å². The van der Waals surface area contributed by atoms with E-state index in [1.54, 1.807) is 0 Å². The van der Waals surface area contributed by atoms with E-state index in [9.17, 15) is 9.90 Å². The standard InChI is InChI=1S/C19H16Cl2N2O3/c1-26-19(25)17(7-11-9-22-16-5-3-2-4-14(11)16)23-10-12-6-13(20)8-15(21)18(12)24/h2-6,8-10,17,22,24H,7H2,1H3/t17-/m0/s1. The van der Waals surface area contributed by atoms with Crippen molar-refractivity contribution >= 4 is 46.3 Å². The molecular formula is C19H16Cl2N2O3. The van der Waals surface area contributed by atoms with Crippen LogP contribution in [0.1, 0.15) is 11.1 Å². The number of para-hydroxylation sites is 1. The Morgan fingerprint density at radius 3 is 2.88 bits per heavy atom. The van der Waals surface area contributed by atoms with Gasteiger partial charge < -0.3 is 14.8 Å². The minimum atomic E-state index is -0.767. The molecule has 0 spiro atoms. The molecule has 0 bridgehead atoms. The average molecular weight is 391 g/mol. The van der Waals surface area contributed by atoms with Crippen LogP contribution in [0.5, 0.6) is 5.75 Å². The largest absolute Gasteiger partial charge is 0.506 e. The van der Waals surface area contributed by atoms with E-state index in [2.05, 4.69) is 9.98 Å². The monoisotopic (exact) mass is 390 g/mol. The number of phenols is 1. The van der Waals surface area contributed by atoms with Gasteiger partial charge in [-0.3, -0.25) is 4.99 Å². The molecule has 0 saturated heterocycles. The van der Waals surface area contributed by atoms with Gasteiger partial charge in [-0.05, 0) is 23.8 Å². The van der Waals surface area contributed by atoms with Crippen LogP contribution < -0.4 is 0 Å². The predicted molar refractivity (Wildman–Crippen MR) is 104 cm³/mol. The highest BCUT2D eigenvalue weighted by atomic mass is 35.5. The number of fused-ring (bicyclic) bond motifs is 1. The number of rotatable bonds is 5. The molecule has 0 radical (unpaired) electrons. The zero-order valence-electron chi connectivity index (χ0n) is 13.9. The molecule has 3 rings (SSSR count). The third-order valence-electron chi connectivity index (χ3n) is 4.01. The summed E-state index contributed by atoms with van der Waals surface area (Å²) in [6.07, 6.45) is 3.58. The Morgan fingerprint density at radius 1 is 1.35 bits per heavy atom. The number of benzene rings is 2. The van der Waals surface area contributed by atoms with Crippen LogP contribution in [0.4, 0.5) is 0 Å². The summed E-state index contributed by atoms with van der Waals surface area (Å²) in [7, 11) is 1.31. The van der Waals surface area contributed by atoms with Gasteiger partial charge in [0.15, 0.2) is 6.04 Å². The van der Waals surface area contributed by atoms with E-state index in [1.807, 2.05) is 30.5 Å². The number of H-pyrrole nitrogens is 1. The number of aromatic nitrogens is 1. The molecule has 0 amide bonds. The van der Waals surface area contributed by atoms with Crippen molar-refractivity contribution in [1.82, 2.24) is 4.98 Å². The molecule has 134 valence electrons. The van der Waals surface area contributed by atoms with Crippen molar-refractivity contribution in [3.8, 4) is 5.75 Å². The Labute approximate surface area is 160 Å². The molecule has 0 aliphatic rings. The lowest BCUT2D eigenvalue weighted by Gasteiger charge is -2.10. The highest BCUT2D eigenvalue weighted by Crippen LogP contribution is 2.30. The van der Waals surface area contributed by atoms with E-state index < -0.39 is 12.0 Å². The zero-order valence-corrected chi connectivity index (χ0v) is 15.4. The van der Waals surface area contributed by atoms with Crippen molar-refractivity contribution < 1.29 is 14.6 Å². The number of aliphatic imine (C=N–C) groups is 1. The van der Waals surface area contributed by atoms with Crippen molar-refractivity contribution in [3.63, 3.8) is 0 Å². The molecule has 1 aromatic heterocycles. The number of carbonyl (C=O) groups is 1. The first-order chi connectivity index (χ1) is 12.5. The topological polar surface area (TPSA) is 74.7 Å². The molecule has 0 saturated carbocycles. The van der Waals surface area contributed by atoms with Crippen molar-refractivity contribution in [2.75, 3.05) is 7.11 Å². The summed E-state index contributed by atoms with van der Waals surface area (Å²) < 4.78 is 4.86. The normalized spacial score (nSPS) is 12.6. The van der Waals surface area contributed by atoms with Gasteiger partial charge in [0, 0.05) is 40.3 Å². The number of esters is 1. The molecule has 1 atom stereocenters. The number of ether oxygens (including phenoxy) is 1. The second-order valence-electron chi connectivity index (χ2n) is 5.71. The lowest BCUT2D eigenvalue weighted by molar-refractivity contribution is -0.142. The summed E-state index contributed by atoms with van der Waals surface area (Å²) in [6.45, 7) is 0. The van der Waals surface area contributed by atoms with Crippen LogP contribution in [0.3, 0.4) is 0 Å². The summed E-state index contributed by atoms with van der Waals surface area (Å²) in [5.41, 5.74) is 2.26. The summed E-state index contributed by atoms with van der Waals surface area (Å²) in [4.78, 5) is 19.6. The van der Waals surface area contributed by atoms with Crippen molar-refractivity contribution in [2.45, 2.75) is 12.5 Å². The van der Waals surface area contributed by atoms with Gasteiger partial charge in [0.2, 0.25) is 0 Å². The van der Waals surface area contributed by atoms with E-state index in [0.29, 0.717) is 17.0 Å². The maximum atomic E-state index is 12.2. The van der Waals surface area contributed by atoms with E-state index >= 15 is 0 Å². The van der Waals surface area contributed by atoms with Crippen LogP contribution in [-0.2, 0) is 16.0 Å². The number of methoxy groups -OCH3 is 1. The number of nitrogens with zero attached hydrogens (tertiary/aromatic N) is 1. The number of nitrogens with one attached hydrogen (secondary N) is 1. The van der Waals surface area contributed by atoms with Crippen LogP contribution in [0, 0.1) is 0 Å². The molecule has 3 aromatic rings. The Hall–Kier alpha value is -2.50. The van der Waals surface area contributed by atoms with Crippen molar-refractivity contribution in [3.05, 3.63) is 63.8 Å². The summed E-state index contributed by atoms with van der Waals surface area (Å²) >= 11 is 11.9. The number of phenolic OH excluding ortho intramolecular Hbond substituents is 1. The molecule has 2 aromatic carbocycles. The minimum Gasteiger partial charge on any atom is -0.506 e. The number of carbonyl (C=O) groups excluding carboxylic acids is 1. The maximum absolute atomic E-state index is 12.2. The lowest BCUT2D eigenvalue weighted by atomic mass is 10.1. The van der Waals surface area contributed by atoms with E-state index in [0.717, 1.165) is 16.5 Å². The lowest BCUT2D eigenvalue weighted by Crippen LogP contribution is -2.23.